The number of halogens is 1. The van der Waals surface area contributed by atoms with Gasteiger partial charge in [-0.15, -0.1) is 0 Å². The van der Waals surface area contributed by atoms with Crippen molar-refractivity contribution in [3.8, 4) is 0 Å². The van der Waals surface area contributed by atoms with E-state index in [1.54, 1.807) is 0 Å². The van der Waals surface area contributed by atoms with E-state index in [9.17, 15) is 0 Å². The summed E-state index contributed by atoms with van der Waals surface area (Å²) in [5.41, 5.74) is 0.466. The molecule has 0 aliphatic rings. The lowest BCUT2D eigenvalue weighted by Crippen LogP contribution is -2.40. The van der Waals surface area contributed by atoms with Gasteiger partial charge >= 0.3 is 0 Å². The van der Waals surface area contributed by atoms with Crippen LogP contribution in [0.3, 0.4) is 0 Å². The fourth-order valence-corrected chi connectivity index (χ4v) is 3.30. The summed E-state index contributed by atoms with van der Waals surface area (Å²) in [6.07, 6.45) is 5.19. The Balaban J connectivity index is 4.52. The maximum absolute atomic E-state index is 3.76. The van der Waals surface area contributed by atoms with E-state index >= 15 is 0 Å². The Kier molecular flexibility index (Phi) is 10.4. The minimum atomic E-state index is 0.466. The van der Waals surface area contributed by atoms with Crippen molar-refractivity contribution in [2.75, 3.05) is 25.0 Å². The summed E-state index contributed by atoms with van der Waals surface area (Å²) in [4.78, 5) is 2.72. The molecule has 0 N–H and O–H groups in total. The van der Waals surface area contributed by atoms with E-state index in [1.807, 2.05) is 0 Å². The third-order valence-electron chi connectivity index (χ3n) is 4.39. The Hall–Kier alpha value is 0.440. The van der Waals surface area contributed by atoms with E-state index in [1.165, 1.54) is 45.3 Å². The second-order valence-electron chi connectivity index (χ2n) is 6.98. The molecule has 0 aromatic heterocycles. The predicted octanol–water partition coefficient (Wildman–Crippen LogP) is 5.58. The quantitative estimate of drug-likeness (QED) is 0.446. The van der Waals surface area contributed by atoms with Crippen LogP contribution in [0, 0.1) is 17.3 Å². The Morgan fingerprint density at radius 1 is 0.895 bits per heavy atom. The van der Waals surface area contributed by atoms with Gasteiger partial charge in [0.1, 0.15) is 0 Å². The summed E-state index contributed by atoms with van der Waals surface area (Å²) in [6.45, 7) is 17.8. The molecule has 0 heterocycles. The predicted molar refractivity (Wildman–Crippen MR) is 92.2 cm³/mol. The number of nitrogens with zero attached hydrogens (tertiary/aromatic N) is 1. The van der Waals surface area contributed by atoms with E-state index < -0.39 is 0 Å². The van der Waals surface area contributed by atoms with Gasteiger partial charge in [-0.1, -0.05) is 57.5 Å². The van der Waals surface area contributed by atoms with Gasteiger partial charge in [0.25, 0.3) is 0 Å². The molecule has 2 heteroatoms. The van der Waals surface area contributed by atoms with Gasteiger partial charge in [0.2, 0.25) is 0 Å². The molecule has 1 nitrogen and oxygen atoms in total. The highest BCUT2D eigenvalue weighted by atomic mass is 79.9. The average Bonchev–Trinajstić information content (AvgIpc) is 2.38. The van der Waals surface area contributed by atoms with Crippen LogP contribution in [0.2, 0.25) is 0 Å². The molecule has 19 heavy (non-hydrogen) atoms. The lowest BCUT2D eigenvalue weighted by molar-refractivity contribution is 0.146. The Morgan fingerprint density at radius 3 is 1.58 bits per heavy atom. The van der Waals surface area contributed by atoms with Gasteiger partial charge in [0.05, 0.1) is 0 Å². The Labute approximate surface area is 130 Å². The summed E-state index contributed by atoms with van der Waals surface area (Å²) in [7, 11) is 0. The van der Waals surface area contributed by atoms with Crippen LogP contribution >= 0.6 is 15.9 Å². The average molecular weight is 334 g/mol. The highest BCUT2D eigenvalue weighted by molar-refractivity contribution is 9.09. The molecule has 0 saturated heterocycles. The van der Waals surface area contributed by atoms with Gasteiger partial charge in [-0.2, -0.15) is 0 Å². The van der Waals surface area contributed by atoms with Gasteiger partial charge in [-0.05, 0) is 56.0 Å². The lowest BCUT2D eigenvalue weighted by Gasteiger charge is -2.36. The molecule has 0 aromatic carbocycles. The van der Waals surface area contributed by atoms with Crippen molar-refractivity contribution in [3.63, 3.8) is 0 Å². The first-order valence-electron chi connectivity index (χ1n) is 8.17. The molecule has 0 rings (SSSR count). The zero-order chi connectivity index (χ0) is 14.9. The normalized spacial score (nSPS) is 12.9. The topological polar surface area (TPSA) is 3.24 Å². The van der Waals surface area contributed by atoms with E-state index in [0.29, 0.717) is 5.41 Å². The van der Waals surface area contributed by atoms with E-state index in [2.05, 4.69) is 62.4 Å². The zero-order valence-electron chi connectivity index (χ0n) is 14.1. The lowest BCUT2D eigenvalue weighted by atomic mass is 9.84. The molecule has 0 aliphatic carbocycles. The second-order valence-corrected chi connectivity index (χ2v) is 7.54. The number of hydrogen-bond donors (Lipinski definition) is 0. The standard InChI is InChI=1S/C17H36BrN/c1-7-17(8-2,13-18)14-19(11-9-15(3)4)12-10-16(5)6/h15-16H,7-14H2,1-6H3. The van der Waals surface area contributed by atoms with E-state index in [0.717, 1.165) is 17.2 Å². The molecule has 0 aliphatic heterocycles. The smallest absolute Gasteiger partial charge is 0.01000 e. The first-order valence-corrected chi connectivity index (χ1v) is 9.29. The second kappa shape index (κ2) is 10.2. The summed E-state index contributed by atoms with van der Waals surface area (Å²) >= 11 is 3.76. The molecule has 116 valence electrons. The SMILES string of the molecule is CCC(CC)(CBr)CN(CCC(C)C)CCC(C)C. The van der Waals surface area contributed by atoms with Gasteiger partial charge < -0.3 is 4.90 Å². The van der Waals surface area contributed by atoms with Crippen molar-refractivity contribution in [2.45, 2.75) is 67.2 Å². The molecule has 0 amide bonds. The number of alkyl halides is 1. The van der Waals surface area contributed by atoms with E-state index in [4.69, 9.17) is 0 Å². The van der Waals surface area contributed by atoms with Crippen LogP contribution in [0.15, 0.2) is 0 Å². The molecule has 0 saturated carbocycles. The van der Waals surface area contributed by atoms with Gasteiger partial charge in [0.15, 0.2) is 0 Å². The van der Waals surface area contributed by atoms with Gasteiger partial charge in [-0.3, -0.25) is 0 Å². The minimum Gasteiger partial charge on any atom is -0.303 e. The van der Waals surface area contributed by atoms with Crippen LogP contribution in [-0.2, 0) is 0 Å². The van der Waals surface area contributed by atoms with Crippen molar-refractivity contribution in [3.05, 3.63) is 0 Å². The van der Waals surface area contributed by atoms with Crippen LogP contribution in [0.4, 0.5) is 0 Å². The third kappa shape index (κ3) is 8.34. The third-order valence-corrected chi connectivity index (χ3v) is 5.58. The summed E-state index contributed by atoms with van der Waals surface area (Å²) in [6, 6.07) is 0. The fourth-order valence-electron chi connectivity index (χ4n) is 2.33. The van der Waals surface area contributed by atoms with Crippen LogP contribution < -0.4 is 0 Å². The molecule has 0 unspecified atom stereocenters. The first-order chi connectivity index (χ1) is 8.89. The Bertz CT molecular complexity index is 189. The van der Waals surface area contributed by atoms with E-state index in [-0.39, 0.29) is 0 Å². The highest BCUT2D eigenvalue weighted by Crippen LogP contribution is 2.30. The summed E-state index contributed by atoms with van der Waals surface area (Å²) in [5.74, 6) is 1.62. The van der Waals surface area contributed by atoms with Crippen molar-refractivity contribution in [2.24, 2.45) is 17.3 Å². The Morgan fingerprint density at radius 2 is 1.32 bits per heavy atom. The van der Waals surface area contributed by atoms with Gasteiger partial charge in [-0.25, -0.2) is 0 Å². The fraction of sp³-hybridized carbons (Fsp3) is 1.00. The maximum Gasteiger partial charge on any atom is 0.01000 e. The molecule has 0 fully saturated rings. The number of hydrogen-bond acceptors (Lipinski definition) is 1. The maximum atomic E-state index is 3.76. The van der Waals surface area contributed by atoms with Crippen LogP contribution in [-0.4, -0.2) is 29.9 Å². The largest absolute Gasteiger partial charge is 0.303 e. The zero-order valence-corrected chi connectivity index (χ0v) is 15.7. The summed E-state index contributed by atoms with van der Waals surface area (Å²) < 4.78 is 0. The van der Waals surface area contributed by atoms with Crippen LogP contribution in [0.1, 0.15) is 67.2 Å². The number of rotatable bonds is 11. The molecular weight excluding hydrogens is 298 g/mol. The molecule has 0 aromatic rings. The summed E-state index contributed by atoms with van der Waals surface area (Å²) in [5, 5.41) is 1.13. The molecular formula is C17H36BrN. The molecule has 0 radical (unpaired) electrons. The van der Waals surface area contributed by atoms with Crippen molar-refractivity contribution >= 4 is 15.9 Å². The van der Waals surface area contributed by atoms with Crippen LogP contribution in [0.25, 0.3) is 0 Å². The monoisotopic (exact) mass is 333 g/mol. The molecule has 0 bridgehead atoms. The van der Waals surface area contributed by atoms with Crippen LogP contribution in [0.5, 0.6) is 0 Å². The minimum absolute atomic E-state index is 0.466. The molecule has 0 atom stereocenters. The first kappa shape index (κ1) is 19.4. The van der Waals surface area contributed by atoms with Gasteiger partial charge in [0, 0.05) is 11.9 Å². The van der Waals surface area contributed by atoms with Crippen molar-refractivity contribution in [1.29, 1.82) is 0 Å². The highest BCUT2D eigenvalue weighted by Gasteiger charge is 2.27. The van der Waals surface area contributed by atoms with Crippen molar-refractivity contribution in [1.82, 2.24) is 4.90 Å². The molecule has 0 spiro atoms. The van der Waals surface area contributed by atoms with Crippen molar-refractivity contribution < 1.29 is 0 Å².